The highest BCUT2D eigenvalue weighted by molar-refractivity contribution is 4.94. The van der Waals surface area contributed by atoms with Gasteiger partial charge in [0.1, 0.15) is 0 Å². The lowest BCUT2D eigenvalue weighted by Crippen LogP contribution is -2.56. The Hall–Kier alpha value is -0.0800. The largest absolute Gasteiger partial charge is 0.329 e. The Balaban J connectivity index is 2.02. The van der Waals surface area contributed by atoms with Gasteiger partial charge < -0.3 is 5.73 Å². The summed E-state index contributed by atoms with van der Waals surface area (Å²) >= 11 is 0. The first kappa shape index (κ1) is 13.4. The van der Waals surface area contributed by atoms with Gasteiger partial charge in [-0.15, -0.1) is 0 Å². The van der Waals surface area contributed by atoms with Crippen molar-refractivity contribution in [2.45, 2.75) is 76.8 Å². The zero-order chi connectivity index (χ0) is 12.3. The van der Waals surface area contributed by atoms with Crippen LogP contribution < -0.4 is 5.73 Å². The average molecular weight is 238 g/mol. The molecule has 2 N–H and O–H groups in total. The zero-order valence-electron chi connectivity index (χ0n) is 11.8. The first-order valence-electron chi connectivity index (χ1n) is 7.62. The topological polar surface area (TPSA) is 29.3 Å². The summed E-state index contributed by atoms with van der Waals surface area (Å²) < 4.78 is 0. The molecule has 17 heavy (non-hydrogen) atoms. The number of rotatable bonds is 4. The molecule has 2 fully saturated rings. The van der Waals surface area contributed by atoms with Crippen molar-refractivity contribution in [3.63, 3.8) is 0 Å². The maximum atomic E-state index is 6.14. The highest BCUT2D eigenvalue weighted by atomic mass is 15.2. The zero-order valence-corrected chi connectivity index (χ0v) is 11.8. The van der Waals surface area contributed by atoms with Crippen molar-refractivity contribution in [3.8, 4) is 0 Å². The van der Waals surface area contributed by atoms with Gasteiger partial charge in [0.2, 0.25) is 0 Å². The Labute approximate surface area is 107 Å². The summed E-state index contributed by atoms with van der Waals surface area (Å²) in [6.07, 6.45) is 11.2. The van der Waals surface area contributed by atoms with Crippen LogP contribution in [0.25, 0.3) is 0 Å². The third-order valence-corrected chi connectivity index (χ3v) is 5.14. The summed E-state index contributed by atoms with van der Waals surface area (Å²) in [5, 5.41) is 0. The second-order valence-corrected chi connectivity index (χ2v) is 6.59. The van der Waals surface area contributed by atoms with Crippen LogP contribution in [0.3, 0.4) is 0 Å². The van der Waals surface area contributed by atoms with Gasteiger partial charge in [0.15, 0.2) is 0 Å². The van der Waals surface area contributed by atoms with Crippen LogP contribution in [0.1, 0.15) is 65.2 Å². The Bertz CT molecular complexity index is 237. The summed E-state index contributed by atoms with van der Waals surface area (Å²) in [6, 6.07) is 0.728. The molecule has 0 amide bonds. The molecule has 0 aromatic heterocycles. The third-order valence-electron chi connectivity index (χ3n) is 5.14. The molecule has 0 aromatic carbocycles. The fourth-order valence-corrected chi connectivity index (χ4v) is 3.71. The maximum Gasteiger partial charge on any atom is 0.0309 e. The summed E-state index contributed by atoms with van der Waals surface area (Å²) in [7, 11) is 0. The fraction of sp³-hybridized carbons (Fsp3) is 1.00. The van der Waals surface area contributed by atoms with Crippen molar-refractivity contribution in [3.05, 3.63) is 0 Å². The Morgan fingerprint density at radius 2 is 1.88 bits per heavy atom. The average Bonchev–Trinajstić information content (AvgIpc) is 2.48. The van der Waals surface area contributed by atoms with Crippen LogP contribution >= 0.6 is 0 Å². The van der Waals surface area contributed by atoms with Gasteiger partial charge in [0.05, 0.1) is 0 Å². The summed E-state index contributed by atoms with van der Waals surface area (Å²) in [4.78, 5) is 2.73. The molecule has 100 valence electrons. The van der Waals surface area contributed by atoms with Crippen molar-refractivity contribution in [1.29, 1.82) is 0 Å². The van der Waals surface area contributed by atoms with Crippen LogP contribution in [0.15, 0.2) is 0 Å². The lowest BCUT2D eigenvalue weighted by atomic mass is 9.75. The van der Waals surface area contributed by atoms with E-state index in [0.29, 0.717) is 0 Å². The Morgan fingerprint density at radius 1 is 1.12 bits per heavy atom. The highest BCUT2D eigenvalue weighted by Crippen LogP contribution is 2.37. The number of nitrogens with zero attached hydrogens (tertiary/aromatic N) is 1. The number of likely N-dealkylation sites (tertiary alicyclic amines) is 1. The van der Waals surface area contributed by atoms with Crippen molar-refractivity contribution in [2.24, 2.45) is 11.7 Å². The van der Waals surface area contributed by atoms with E-state index in [4.69, 9.17) is 5.73 Å². The van der Waals surface area contributed by atoms with Crippen molar-refractivity contribution >= 4 is 0 Å². The van der Waals surface area contributed by atoms with Gasteiger partial charge >= 0.3 is 0 Å². The van der Waals surface area contributed by atoms with E-state index in [0.717, 1.165) is 18.5 Å². The van der Waals surface area contributed by atoms with Gasteiger partial charge in [0, 0.05) is 18.1 Å². The number of hydrogen-bond acceptors (Lipinski definition) is 2. The Kier molecular flexibility index (Phi) is 4.48. The van der Waals surface area contributed by atoms with Crippen LogP contribution in [-0.4, -0.2) is 29.6 Å². The maximum absolute atomic E-state index is 6.14. The molecule has 1 aliphatic heterocycles. The molecule has 1 aliphatic carbocycles. The quantitative estimate of drug-likeness (QED) is 0.815. The second-order valence-electron chi connectivity index (χ2n) is 6.59. The third kappa shape index (κ3) is 3.03. The van der Waals surface area contributed by atoms with Crippen LogP contribution in [0.2, 0.25) is 0 Å². The van der Waals surface area contributed by atoms with E-state index in [1.807, 2.05) is 0 Å². The molecule has 2 unspecified atom stereocenters. The lowest BCUT2D eigenvalue weighted by molar-refractivity contribution is 0.0384. The summed E-state index contributed by atoms with van der Waals surface area (Å²) in [6.45, 7) is 6.91. The molecule has 2 aliphatic rings. The van der Waals surface area contributed by atoms with Crippen molar-refractivity contribution < 1.29 is 0 Å². The molecule has 2 nitrogen and oxygen atoms in total. The number of hydrogen-bond donors (Lipinski definition) is 1. The van der Waals surface area contributed by atoms with E-state index in [1.165, 1.54) is 57.9 Å². The molecular formula is C15H30N2. The molecule has 1 saturated carbocycles. The normalized spacial score (nSPS) is 31.6. The fourth-order valence-electron chi connectivity index (χ4n) is 3.71. The molecule has 0 spiro atoms. The van der Waals surface area contributed by atoms with E-state index in [1.54, 1.807) is 0 Å². The standard InChI is InChI=1S/C15H30N2/c1-13-7-4-3-5-10-17(13)15(2,12-16)11-14-8-6-9-14/h13-14H,3-12,16H2,1-2H3. The lowest BCUT2D eigenvalue weighted by Gasteiger charge is -2.47. The molecule has 1 heterocycles. The van der Waals surface area contributed by atoms with Gasteiger partial charge in [0.25, 0.3) is 0 Å². The smallest absolute Gasteiger partial charge is 0.0309 e. The molecular weight excluding hydrogens is 208 g/mol. The minimum Gasteiger partial charge on any atom is -0.329 e. The van der Waals surface area contributed by atoms with Gasteiger partial charge in [-0.25, -0.2) is 0 Å². The van der Waals surface area contributed by atoms with E-state index in [2.05, 4.69) is 18.7 Å². The van der Waals surface area contributed by atoms with Gasteiger partial charge in [-0.05, 0) is 45.6 Å². The van der Waals surface area contributed by atoms with E-state index < -0.39 is 0 Å². The molecule has 2 heteroatoms. The molecule has 2 atom stereocenters. The van der Waals surface area contributed by atoms with Gasteiger partial charge in [-0.1, -0.05) is 32.1 Å². The van der Waals surface area contributed by atoms with Gasteiger partial charge in [-0.3, -0.25) is 4.90 Å². The first-order chi connectivity index (χ1) is 8.15. The van der Waals surface area contributed by atoms with Crippen LogP contribution in [0.5, 0.6) is 0 Å². The highest BCUT2D eigenvalue weighted by Gasteiger charge is 2.37. The van der Waals surface area contributed by atoms with Crippen LogP contribution in [-0.2, 0) is 0 Å². The SMILES string of the molecule is CC1CCCCCN1C(C)(CN)CC1CCC1. The van der Waals surface area contributed by atoms with Gasteiger partial charge in [-0.2, -0.15) is 0 Å². The minimum atomic E-state index is 0.259. The van der Waals surface area contributed by atoms with Crippen molar-refractivity contribution in [2.75, 3.05) is 13.1 Å². The molecule has 0 radical (unpaired) electrons. The predicted molar refractivity (Wildman–Crippen MR) is 74.1 cm³/mol. The predicted octanol–water partition coefficient (Wildman–Crippen LogP) is 3.16. The Morgan fingerprint density at radius 3 is 2.47 bits per heavy atom. The van der Waals surface area contributed by atoms with Crippen LogP contribution in [0.4, 0.5) is 0 Å². The minimum absolute atomic E-state index is 0.259. The van der Waals surface area contributed by atoms with Crippen LogP contribution in [0, 0.1) is 5.92 Å². The van der Waals surface area contributed by atoms with E-state index >= 15 is 0 Å². The molecule has 1 saturated heterocycles. The van der Waals surface area contributed by atoms with E-state index in [-0.39, 0.29) is 5.54 Å². The molecule has 2 rings (SSSR count). The van der Waals surface area contributed by atoms with Crippen molar-refractivity contribution in [1.82, 2.24) is 4.90 Å². The molecule has 0 bridgehead atoms. The first-order valence-corrected chi connectivity index (χ1v) is 7.62. The monoisotopic (exact) mass is 238 g/mol. The second kappa shape index (κ2) is 5.71. The van der Waals surface area contributed by atoms with E-state index in [9.17, 15) is 0 Å². The summed E-state index contributed by atoms with van der Waals surface area (Å²) in [5.41, 5.74) is 6.40. The molecule has 0 aromatic rings. The summed E-state index contributed by atoms with van der Waals surface area (Å²) in [5.74, 6) is 0.957. The number of nitrogens with two attached hydrogens (primary N) is 1.